The fraction of sp³-hybridized carbons (Fsp3) is 0.294. The van der Waals surface area contributed by atoms with Crippen molar-refractivity contribution in [2.45, 2.75) is 33.1 Å². The van der Waals surface area contributed by atoms with E-state index in [9.17, 15) is 10.2 Å². The molecular weight excluding hydrogens is 282 g/mol. The average molecular weight is 300 g/mol. The van der Waals surface area contributed by atoms with Gasteiger partial charge in [-0.1, -0.05) is 61.4 Å². The van der Waals surface area contributed by atoms with Crippen molar-refractivity contribution in [2.24, 2.45) is 0 Å². The van der Waals surface area contributed by atoms with Gasteiger partial charge in [-0.2, -0.15) is 0 Å². The number of hydrogen-bond acceptors (Lipinski definition) is 2. The fourth-order valence-corrected chi connectivity index (χ4v) is 2.24. The molecule has 0 spiro atoms. The normalized spacial score (nSPS) is 10.5. The van der Waals surface area contributed by atoms with Crippen LogP contribution in [0.2, 0.25) is 0 Å². The quantitative estimate of drug-likeness (QED) is 0.548. The SMILES string of the molecule is Cc1cc(C(C)(C)c2ccc([O-])c(C)c2)ccc1[O-].[Na+].[Na+]. The predicted octanol–water partition coefficient (Wildman–Crippen LogP) is -3.22. The van der Waals surface area contributed by atoms with Crippen LogP contribution in [0.25, 0.3) is 0 Å². The minimum atomic E-state index is -0.225. The summed E-state index contributed by atoms with van der Waals surface area (Å²) in [6.07, 6.45) is 0. The largest absolute Gasteiger partial charge is 1.00 e. The zero-order valence-electron chi connectivity index (χ0n) is 13.8. The van der Waals surface area contributed by atoms with Crippen molar-refractivity contribution < 1.29 is 69.3 Å². The zero-order chi connectivity index (χ0) is 14.2. The van der Waals surface area contributed by atoms with Gasteiger partial charge in [0.15, 0.2) is 0 Å². The number of aryl methyl sites for hydroxylation is 2. The molecule has 2 rings (SSSR count). The zero-order valence-corrected chi connectivity index (χ0v) is 17.8. The summed E-state index contributed by atoms with van der Waals surface area (Å²) in [5.74, 6) is 0.122. The van der Waals surface area contributed by atoms with Crippen molar-refractivity contribution in [2.75, 3.05) is 0 Å². The van der Waals surface area contributed by atoms with E-state index >= 15 is 0 Å². The van der Waals surface area contributed by atoms with Gasteiger partial charge in [0.25, 0.3) is 0 Å². The van der Waals surface area contributed by atoms with Crippen LogP contribution in [-0.4, -0.2) is 0 Å². The minimum absolute atomic E-state index is 0. The Morgan fingerprint density at radius 2 is 1.05 bits per heavy atom. The molecule has 0 radical (unpaired) electrons. The molecule has 0 aliphatic heterocycles. The molecule has 0 unspecified atom stereocenters. The molecule has 0 N–H and O–H groups in total. The minimum Gasteiger partial charge on any atom is -0.872 e. The molecular formula is C17H18Na2O2. The Kier molecular flexibility index (Phi) is 8.07. The summed E-state index contributed by atoms with van der Waals surface area (Å²) in [6.45, 7) is 7.86. The van der Waals surface area contributed by atoms with Crippen molar-refractivity contribution in [3.8, 4) is 11.5 Å². The van der Waals surface area contributed by atoms with E-state index in [1.807, 2.05) is 38.1 Å². The van der Waals surface area contributed by atoms with Gasteiger partial charge in [-0.25, -0.2) is 0 Å². The molecule has 21 heavy (non-hydrogen) atoms. The van der Waals surface area contributed by atoms with Crippen LogP contribution in [0.4, 0.5) is 0 Å². The third-order valence-corrected chi connectivity index (χ3v) is 3.79. The molecule has 4 heteroatoms. The summed E-state index contributed by atoms with van der Waals surface area (Å²) in [5, 5.41) is 23.0. The Labute approximate surface area is 171 Å². The van der Waals surface area contributed by atoms with Crippen LogP contribution < -0.4 is 69.3 Å². The first-order valence-corrected chi connectivity index (χ1v) is 6.38. The van der Waals surface area contributed by atoms with Crippen molar-refractivity contribution in [3.05, 3.63) is 58.7 Å². The van der Waals surface area contributed by atoms with Gasteiger partial charge in [-0.15, -0.1) is 11.5 Å². The van der Waals surface area contributed by atoms with E-state index in [4.69, 9.17) is 0 Å². The first-order chi connectivity index (χ1) is 8.82. The second kappa shape index (κ2) is 8.05. The summed E-state index contributed by atoms with van der Waals surface area (Å²) in [7, 11) is 0. The van der Waals surface area contributed by atoms with Crippen molar-refractivity contribution in [1.29, 1.82) is 0 Å². The van der Waals surface area contributed by atoms with Crippen LogP contribution >= 0.6 is 0 Å². The van der Waals surface area contributed by atoms with Gasteiger partial charge in [0, 0.05) is 5.41 Å². The molecule has 2 nitrogen and oxygen atoms in total. The summed E-state index contributed by atoms with van der Waals surface area (Å²) in [6, 6.07) is 10.8. The number of hydrogen-bond donors (Lipinski definition) is 0. The summed E-state index contributed by atoms with van der Waals surface area (Å²) < 4.78 is 0. The third kappa shape index (κ3) is 4.51. The maximum absolute atomic E-state index is 11.5. The molecule has 0 saturated heterocycles. The standard InChI is InChI=1S/C17H20O2.2Na/c1-11-9-13(5-7-15(11)18)17(3,4)14-6-8-16(19)12(2)10-14;;/h5-10,18-19H,1-4H3;;/q;2*+1/p-2. The van der Waals surface area contributed by atoms with Gasteiger partial charge >= 0.3 is 59.1 Å². The second-order valence-electron chi connectivity index (χ2n) is 5.59. The third-order valence-electron chi connectivity index (χ3n) is 3.79. The van der Waals surface area contributed by atoms with Gasteiger partial charge in [0.1, 0.15) is 0 Å². The number of rotatable bonds is 2. The summed E-state index contributed by atoms with van der Waals surface area (Å²) >= 11 is 0. The second-order valence-corrected chi connectivity index (χ2v) is 5.59. The van der Waals surface area contributed by atoms with E-state index in [0.717, 1.165) is 22.3 Å². The Bertz CT molecular complexity index is 569. The first-order valence-electron chi connectivity index (χ1n) is 6.38. The molecule has 100 valence electrons. The van der Waals surface area contributed by atoms with Gasteiger partial charge in [-0.05, 0) is 25.0 Å². The molecule has 0 aliphatic carbocycles. The van der Waals surface area contributed by atoms with Crippen LogP contribution in [-0.2, 0) is 5.41 Å². The smallest absolute Gasteiger partial charge is 0.872 e. The van der Waals surface area contributed by atoms with E-state index < -0.39 is 0 Å². The molecule has 0 saturated carbocycles. The maximum atomic E-state index is 11.5. The molecule has 0 fully saturated rings. The molecule has 0 atom stereocenters. The number of benzene rings is 2. The van der Waals surface area contributed by atoms with Crippen LogP contribution in [0.1, 0.15) is 36.1 Å². The molecule has 0 aromatic heterocycles. The topological polar surface area (TPSA) is 46.1 Å². The monoisotopic (exact) mass is 300 g/mol. The summed E-state index contributed by atoms with van der Waals surface area (Å²) in [5.41, 5.74) is 3.45. The Morgan fingerprint density at radius 3 is 1.33 bits per heavy atom. The van der Waals surface area contributed by atoms with Crippen molar-refractivity contribution in [1.82, 2.24) is 0 Å². The van der Waals surface area contributed by atoms with Crippen LogP contribution in [0.3, 0.4) is 0 Å². The fourth-order valence-electron chi connectivity index (χ4n) is 2.24. The van der Waals surface area contributed by atoms with Crippen molar-refractivity contribution >= 4 is 0 Å². The Hall–Kier alpha value is 0.0400. The average Bonchev–Trinajstić information content (AvgIpc) is 2.35. The van der Waals surface area contributed by atoms with Crippen LogP contribution in [0.5, 0.6) is 11.5 Å². The maximum Gasteiger partial charge on any atom is 1.00 e. The molecule has 0 aliphatic rings. The molecule has 2 aromatic rings. The van der Waals surface area contributed by atoms with Crippen molar-refractivity contribution in [3.63, 3.8) is 0 Å². The van der Waals surface area contributed by atoms with Gasteiger partial charge in [0.2, 0.25) is 0 Å². The summed E-state index contributed by atoms with van der Waals surface area (Å²) in [4.78, 5) is 0. The molecule has 0 bridgehead atoms. The molecule has 2 aromatic carbocycles. The van der Waals surface area contributed by atoms with E-state index in [0.29, 0.717) is 0 Å². The van der Waals surface area contributed by atoms with E-state index in [2.05, 4.69) is 13.8 Å². The van der Waals surface area contributed by atoms with Gasteiger partial charge in [0.05, 0.1) is 0 Å². The Morgan fingerprint density at radius 1 is 0.714 bits per heavy atom. The van der Waals surface area contributed by atoms with Crippen LogP contribution in [0, 0.1) is 13.8 Å². The van der Waals surface area contributed by atoms with Crippen LogP contribution in [0.15, 0.2) is 36.4 Å². The Balaban J connectivity index is 0.00000200. The van der Waals surface area contributed by atoms with E-state index in [1.165, 1.54) is 0 Å². The van der Waals surface area contributed by atoms with E-state index in [-0.39, 0.29) is 76.0 Å². The van der Waals surface area contributed by atoms with Gasteiger partial charge in [-0.3, -0.25) is 0 Å². The van der Waals surface area contributed by atoms with E-state index in [1.54, 1.807) is 12.1 Å². The first kappa shape index (κ1) is 21.0. The molecule has 0 amide bonds. The molecule has 0 heterocycles. The predicted molar refractivity (Wildman–Crippen MR) is 73.4 cm³/mol. The van der Waals surface area contributed by atoms with Gasteiger partial charge < -0.3 is 10.2 Å².